The van der Waals surface area contributed by atoms with Gasteiger partial charge in [0.1, 0.15) is 11.6 Å². The van der Waals surface area contributed by atoms with Gasteiger partial charge in [0.05, 0.1) is 11.9 Å². The van der Waals surface area contributed by atoms with Crippen molar-refractivity contribution < 1.29 is 0 Å². The molecule has 6 nitrogen and oxygen atoms in total. The van der Waals surface area contributed by atoms with Gasteiger partial charge in [-0.25, -0.2) is 9.97 Å². The number of anilines is 3. The fourth-order valence-corrected chi connectivity index (χ4v) is 2.52. The summed E-state index contributed by atoms with van der Waals surface area (Å²) in [5, 5.41) is 4.27. The molecular weight excluding hydrogens is 324 g/mol. The third kappa shape index (κ3) is 4.16. The number of para-hydroxylation sites is 1. The summed E-state index contributed by atoms with van der Waals surface area (Å²) in [6.07, 6.45) is 1.76. The third-order valence-corrected chi connectivity index (χ3v) is 3.88. The number of nitrogens with one attached hydrogen (secondary N) is 1. The molecule has 0 aliphatic rings. The first kappa shape index (κ1) is 17.4. The molecule has 1 heterocycles. The molecule has 0 aliphatic heterocycles. The zero-order chi connectivity index (χ0) is 18.5. The maximum atomic E-state index is 6.05. The Kier molecular flexibility index (Phi) is 5.12. The molecule has 0 aliphatic carbocycles. The van der Waals surface area contributed by atoms with Gasteiger partial charge in [0.25, 0.3) is 0 Å². The molecule has 3 rings (SSSR count). The molecule has 0 atom stereocenters. The van der Waals surface area contributed by atoms with Crippen molar-refractivity contribution in [1.29, 1.82) is 0 Å². The molecule has 132 valence electrons. The van der Waals surface area contributed by atoms with E-state index in [0.29, 0.717) is 17.3 Å². The molecule has 26 heavy (non-hydrogen) atoms. The van der Waals surface area contributed by atoms with E-state index in [1.807, 2.05) is 75.6 Å². The van der Waals surface area contributed by atoms with E-state index in [-0.39, 0.29) is 0 Å². The summed E-state index contributed by atoms with van der Waals surface area (Å²) < 4.78 is 0. The van der Waals surface area contributed by atoms with Crippen molar-refractivity contribution in [2.24, 2.45) is 5.10 Å². The number of hydrogen-bond donors (Lipinski definition) is 2. The molecule has 0 radical (unpaired) electrons. The van der Waals surface area contributed by atoms with Gasteiger partial charge in [-0.2, -0.15) is 5.10 Å². The van der Waals surface area contributed by atoms with Crippen molar-refractivity contribution in [3.05, 3.63) is 66.0 Å². The van der Waals surface area contributed by atoms with Crippen LogP contribution in [0.4, 0.5) is 17.2 Å². The smallest absolute Gasteiger partial charge is 0.150 e. The molecule has 3 N–H and O–H groups in total. The Morgan fingerprint density at radius 2 is 1.77 bits per heavy atom. The minimum Gasteiger partial charge on any atom is -0.398 e. The molecule has 1 aromatic heterocycles. The minimum absolute atomic E-state index is 0.622. The summed E-state index contributed by atoms with van der Waals surface area (Å²) >= 11 is 0. The Hall–Kier alpha value is -3.41. The van der Waals surface area contributed by atoms with Crippen molar-refractivity contribution in [2.75, 3.05) is 30.2 Å². The maximum absolute atomic E-state index is 6.05. The van der Waals surface area contributed by atoms with Crippen LogP contribution in [0.2, 0.25) is 0 Å². The number of nitrogens with zero attached hydrogens (tertiary/aromatic N) is 4. The highest BCUT2D eigenvalue weighted by Gasteiger charge is 2.06. The van der Waals surface area contributed by atoms with Crippen molar-refractivity contribution in [3.63, 3.8) is 0 Å². The van der Waals surface area contributed by atoms with Gasteiger partial charge in [0.2, 0.25) is 0 Å². The zero-order valence-corrected chi connectivity index (χ0v) is 15.1. The van der Waals surface area contributed by atoms with E-state index in [2.05, 4.69) is 25.4 Å². The van der Waals surface area contributed by atoms with Crippen LogP contribution in [0.5, 0.6) is 0 Å². The van der Waals surface area contributed by atoms with Gasteiger partial charge < -0.3 is 10.6 Å². The van der Waals surface area contributed by atoms with E-state index in [4.69, 9.17) is 5.73 Å². The summed E-state index contributed by atoms with van der Waals surface area (Å²) in [5.41, 5.74) is 13.5. The summed E-state index contributed by atoms with van der Waals surface area (Å²) in [6, 6.07) is 17.6. The number of nitrogens with two attached hydrogens (primary N) is 1. The number of benzene rings is 2. The highest BCUT2D eigenvalue weighted by atomic mass is 15.3. The van der Waals surface area contributed by atoms with E-state index in [0.717, 1.165) is 22.5 Å². The Balaban J connectivity index is 1.77. The van der Waals surface area contributed by atoms with Gasteiger partial charge in [-0.3, -0.25) is 5.43 Å². The van der Waals surface area contributed by atoms with Gasteiger partial charge in [-0.05, 0) is 30.7 Å². The summed E-state index contributed by atoms with van der Waals surface area (Å²) in [7, 11) is 4.03. The van der Waals surface area contributed by atoms with Crippen LogP contribution in [0.25, 0.3) is 11.3 Å². The number of rotatable bonds is 5. The molecule has 0 amide bonds. The molecule has 0 saturated carbocycles. The van der Waals surface area contributed by atoms with Crippen LogP contribution in [0.1, 0.15) is 11.4 Å². The maximum Gasteiger partial charge on any atom is 0.150 e. The number of aryl methyl sites for hydroxylation is 1. The molecule has 0 fully saturated rings. The normalized spacial score (nSPS) is 10.9. The lowest BCUT2D eigenvalue weighted by molar-refractivity contribution is 1.05. The van der Waals surface area contributed by atoms with Gasteiger partial charge in [-0.15, -0.1) is 0 Å². The van der Waals surface area contributed by atoms with Gasteiger partial charge in [0, 0.05) is 37.1 Å². The van der Waals surface area contributed by atoms with E-state index < -0.39 is 0 Å². The standard InChI is InChI=1S/C20H22N6/c1-14-23-19(17-6-4-5-7-18(17)21)12-20(24-14)25-22-13-15-8-10-16(11-9-15)26(2)3/h4-13H,21H2,1-3H3,(H,23,24,25)/b22-13+. The SMILES string of the molecule is Cc1nc(N/N=C/c2ccc(N(C)C)cc2)cc(-c2ccccc2N)n1. The molecule has 0 saturated heterocycles. The lowest BCUT2D eigenvalue weighted by Crippen LogP contribution is -2.08. The fraction of sp³-hybridized carbons (Fsp3) is 0.150. The van der Waals surface area contributed by atoms with Crippen LogP contribution in [-0.2, 0) is 0 Å². The number of hydrazone groups is 1. The average molecular weight is 346 g/mol. The lowest BCUT2D eigenvalue weighted by Gasteiger charge is -2.11. The summed E-state index contributed by atoms with van der Waals surface area (Å²) in [6.45, 7) is 1.84. The largest absolute Gasteiger partial charge is 0.398 e. The fourth-order valence-electron chi connectivity index (χ4n) is 2.52. The number of aromatic nitrogens is 2. The van der Waals surface area contributed by atoms with Gasteiger partial charge in [0.15, 0.2) is 0 Å². The lowest BCUT2D eigenvalue weighted by atomic mass is 10.1. The van der Waals surface area contributed by atoms with Crippen LogP contribution >= 0.6 is 0 Å². The number of hydrogen-bond acceptors (Lipinski definition) is 6. The highest BCUT2D eigenvalue weighted by molar-refractivity contribution is 5.81. The Bertz CT molecular complexity index is 916. The van der Waals surface area contributed by atoms with Crippen molar-refractivity contribution >= 4 is 23.4 Å². The van der Waals surface area contributed by atoms with Crippen molar-refractivity contribution in [2.45, 2.75) is 6.92 Å². The zero-order valence-electron chi connectivity index (χ0n) is 15.1. The molecule has 0 bridgehead atoms. The molecule has 3 aromatic rings. The second-order valence-corrected chi connectivity index (χ2v) is 6.13. The van der Waals surface area contributed by atoms with E-state index >= 15 is 0 Å². The first-order chi connectivity index (χ1) is 12.5. The average Bonchev–Trinajstić information content (AvgIpc) is 2.62. The topological polar surface area (TPSA) is 79.4 Å². The van der Waals surface area contributed by atoms with Crippen LogP contribution in [0, 0.1) is 6.92 Å². The predicted octanol–water partition coefficient (Wildman–Crippen LogP) is 3.55. The third-order valence-electron chi connectivity index (χ3n) is 3.88. The Labute approximate surface area is 153 Å². The van der Waals surface area contributed by atoms with Crippen molar-refractivity contribution in [1.82, 2.24) is 9.97 Å². The van der Waals surface area contributed by atoms with E-state index in [1.165, 1.54) is 0 Å². The van der Waals surface area contributed by atoms with Crippen LogP contribution < -0.4 is 16.1 Å². The second kappa shape index (κ2) is 7.65. The quantitative estimate of drug-likeness (QED) is 0.420. The van der Waals surface area contributed by atoms with Crippen LogP contribution in [0.3, 0.4) is 0 Å². The summed E-state index contributed by atoms with van der Waals surface area (Å²) in [5.74, 6) is 1.27. The van der Waals surface area contributed by atoms with Crippen LogP contribution in [-0.4, -0.2) is 30.3 Å². The first-order valence-electron chi connectivity index (χ1n) is 8.30. The van der Waals surface area contributed by atoms with Gasteiger partial charge >= 0.3 is 0 Å². The Morgan fingerprint density at radius 3 is 2.46 bits per heavy atom. The number of nitrogen functional groups attached to an aromatic ring is 1. The molecule has 6 heteroatoms. The first-order valence-corrected chi connectivity index (χ1v) is 8.30. The molecule has 2 aromatic carbocycles. The summed E-state index contributed by atoms with van der Waals surface area (Å²) in [4.78, 5) is 10.9. The molecular formula is C20H22N6. The van der Waals surface area contributed by atoms with E-state index in [1.54, 1.807) is 6.21 Å². The molecule has 0 spiro atoms. The minimum atomic E-state index is 0.622. The molecule has 0 unspecified atom stereocenters. The highest BCUT2D eigenvalue weighted by Crippen LogP contribution is 2.25. The Morgan fingerprint density at radius 1 is 1.04 bits per heavy atom. The van der Waals surface area contributed by atoms with Crippen molar-refractivity contribution in [3.8, 4) is 11.3 Å². The monoisotopic (exact) mass is 346 g/mol. The second-order valence-electron chi connectivity index (χ2n) is 6.13. The predicted molar refractivity (Wildman–Crippen MR) is 109 cm³/mol. The van der Waals surface area contributed by atoms with Gasteiger partial charge in [-0.1, -0.05) is 30.3 Å². The van der Waals surface area contributed by atoms with E-state index in [9.17, 15) is 0 Å². The van der Waals surface area contributed by atoms with Crippen LogP contribution in [0.15, 0.2) is 59.7 Å².